The van der Waals surface area contributed by atoms with Gasteiger partial charge in [-0.1, -0.05) is 42.8 Å². The van der Waals surface area contributed by atoms with Gasteiger partial charge in [0.1, 0.15) is 0 Å². The highest BCUT2D eigenvalue weighted by Gasteiger charge is 2.32. The molecule has 1 aromatic heterocycles. The maximum absolute atomic E-state index is 4.55. The number of nitrogens with zero attached hydrogens (tertiary/aromatic N) is 1. The van der Waals surface area contributed by atoms with Crippen molar-refractivity contribution in [2.24, 2.45) is 5.92 Å². The van der Waals surface area contributed by atoms with Crippen LogP contribution in [0.1, 0.15) is 48.2 Å². The van der Waals surface area contributed by atoms with Crippen molar-refractivity contribution >= 4 is 0 Å². The molecule has 3 rings (SSSR count). The number of aromatic nitrogens is 1. The molecule has 2 heteroatoms. The average Bonchev–Trinajstić information content (AvgIpc) is 3.34. The number of aryl methyl sites for hydroxylation is 2. The third kappa shape index (κ3) is 3.51. The van der Waals surface area contributed by atoms with Gasteiger partial charge in [-0.3, -0.25) is 4.98 Å². The molecule has 0 amide bonds. The largest absolute Gasteiger partial charge is 0.304 e. The van der Waals surface area contributed by atoms with Crippen LogP contribution >= 0.6 is 0 Å². The van der Waals surface area contributed by atoms with Gasteiger partial charge in [0, 0.05) is 18.8 Å². The first-order valence-corrected chi connectivity index (χ1v) is 8.00. The van der Waals surface area contributed by atoms with E-state index in [-0.39, 0.29) is 0 Å². The molecule has 1 aliphatic carbocycles. The summed E-state index contributed by atoms with van der Waals surface area (Å²) in [7, 11) is 0. The monoisotopic (exact) mass is 280 g/mol. The van der Waals surface area contributed by atoms with E-state index in [1.807, 2.05) is 12.3 Å². The molecule has 1 atom stereocenters. The molecule has 21 heavy (non-hydrogen) atoms. The predicted molar refractivity (Wildman–Crippen MR) is 87.1 cm³/mol. The normalized spacial score (nSPS) is 15.9. The molecule has 0 aliphatic heterocycles. The van der Waals surface area contributed by atoms with Crippen LogP contribution in [0.2, 0.25) is 0 Å². The molecular weight excluding hydrogens is 256 g/mol. The van der Waals surface area contributed by atoms with Crippen molar-refractivity contribution in [3.63, 3.8) is 0 Å². The van der Waals surface area contributed by atoms with Gasteiger partial charge >= 0.3 is 0 Å². The molecular formula is C19H24N2. The summed E-state index contributed by atoms with van der Waals surface area (Å²) in [6.07, 6.45) is 5.63. The number of pyridine rings is 1. The lowest BCUT2D eigenvalue weighted by atomic mass is 10.0. The maximum Gasteiger partial charge on any atom is 0.0573 e. The second-order valence-corrected chi connectivity index (χ2v) is 6.07. The molecule has 0 saturated heterocycles. The van der Waals surface area contributed by atoms with Gasteiger partial charge in [0.15, 0.2) is 0 Å². The van der Waals surface area contributed by atoms with Crippen LogP contribution in [-0.4, -0.2) is 4.98 Å². The Hall–Kier alpha value is -1.67. The zero-order chi connectivity index (χ0) is 14.7. The van der Waals surface area contributed by atoms with Crippen LogP contribution < -0.4 is 5.32 Å². The van der Waals surface area contributed by atoms with Crippen molar-refractivity contribution in [3.05, 3.63) is 65.0 Å². The van der Waals surface area contributed by atoms with Gasteiger partial charge in [0.05, 0.1) is 5.69 Å². The van der Waals surface area contributed by atoms with Gasteiger partial charge in [-0.15, -0.1) is 0 Å². The van der Waals surface area contributed by atoms with Crippen molar-refractivity contribution < 1.29 is 0 Å². The number of hydrogen-bond donors (Lipinski definition) is 1. The molecule has 1 aliphatic rings. The molecule has 0 bridgehead atoms. The predicted octanol–water partition coefficient (Wildman–Crippen LogP) is 4.19. The number of hydrogen-bond acceptors (Lipinski definition) is 2. The molecule has 2 aromatic rings. The van der Waals surface area contributed by atoms with Gasteiger partial charge in [-0.05, 0) is 49.3 Å². The molecule has 1 saturated carbocycles. The van der Waals surface area contributed by atoms with E-state index in [4.69, 9.17) is 0 Å². The van der Waals surface area contributed by atoms with E-state index in [0.29, 0.717) is 6.04 Å². The highest BCUT2D eigenvalue weighted by Crippen LogP contribution is 2.41. The number of rotatable bonds is 6. The van der Waals surface area contributed by atoms with E-state index < -0.39 is 0 Å². The van der Waals surface area contributed by atoms with Crippen LogP contribution in [0, 0.1) is 12.8 Å². The van der Waals surface area contributed by atoms with Gasteiger partial charge in [-0.25, -0.2) is 0 Å². The van der Waals surface area contributed by atoms with E-state index in [1.54, 1.807) is 0 Å². The van der Waals surface area contributed by atoms with Gasteiger partial charge in [0.25, 0.3) is 0 Å². The molecule has 110 valence electrons. The highest BCUT2D eigenvalue weighted by molar-refractivity contribution is 5.26. The fourth-order valence-corrected chi connectivity index (χ4v) is 2.92. The minimum absolute atomic E-state index is 0.470. The third-order valence-corrected chi connectivity index (χ3v) is 4.38. The standard InChI is InChI=1S/C19H24N2/c1-3-15-5-4-12-20-18(15)13-21-19(17-10-11-17)16-8-6-14(2)7-9-16/h4-9,12,17,19,21H,3,10-11,13H2,1-2H3. The lowest BCUT2D eigenvalue weighted by Crippen LogP contribution is -2.23. The quantitative estimate of drug-likeness (QED) is 0.858. The van der Waals surface area contributed by atoms with E-state index in [1.165, 1.54) is 35.2 Å². The molecule has 1 N–H and O–H groups in total. The topological polar surface area (TPSA) is 24.9 Å². The third-order valence-electron chi connectivity index (χ3n) is 4.38. The van der Waals surface area contributed by atoms with Crippen LogP contribution in [0.25, 0.3) is 0 Å². The van der Waals surface area contributed by atoms with Crippen molar-refractivity contribution in [1.82, 2.24) is 10.3 Å². The highest BCUT2D eigenvalue weighted by atomic mass is 14.9. The van der Waals surface area contributed by atoms with Crippen LogP contribution in [0.5, 0.6) is 0 Å². The van der Waals surface area contributed by atoms with Crippen LogP contribution in [0.15, 0.2) is 42.6 Å². The molecule has 1 aromatic carbocycles. The minimum Gasteiger partial charge on any atom is -0.304 e. The SMILES string of the molecule is CCc1cccnc1CNC(c1ccc(C)cc1)C1CC1. The van der Waals surface area contributed by atoms with Gasteiger partial charge < -0.3 is 5.32 Å². The summed E-state index contributed by atoms with van der Waals surface area (Å²) in [5.41, 5.74) is 5.28. The summed E-state index contributed by atoms with van der Waals surface area (Å²) in [6, 6.07) is 13.6. The summed E-state index contributed by atoms with van der Waals surface area (Å²) in [5, 5.41) is 3.75. The average molecular weight is 280 g/mol. The summed E-state index contributed by atoms with van der Waals surface area (Å²) in [6.45, 7) is 5.20. The Kier molecular flexibility index (Phi) is 4.35. The molecule has 0 radical (unpaired) electrons. The Bertz CT molecular complexity index is 585. The first kappa shape index (κ1) is 14.3. The Balaban J connectivity index is 1.72. The van der Waals surface area contributed by atoms with Crippen molar-refractivity contribution in [2.75, 3.05) is 0 Å². The van der Waals surface area contributed by atoms with E-state index >= 15 is 0 Å². The van der Waals surface area contributed by atoms with Crippen LogP contribution in [0.4, 0.5) is 0 Å². The summed E-state index contributed by atoms with van der Waals surface area (Å²) in [5.74, 6) is 0.793. The zero-order valence-corrected chi connectivity index (χ0v) is 13.0. The second-order valence-electron chi connectivity index (χ2n) is 6.07. The van der Waals surface area contributed by atoms with E-state index in [9.17, 15) is 0 Å². The second kappa shape index (κ2) is 6.40. The van der Waals surface area contributed by atoms with Crippen LogP contribution in [-0.2, 0) is 13.0 Å². The molecule has 0 spiro atoms. The Morgan fingerprint density at radius 3 is 2.62 bits per heavy atom. The fraction of sp³-hybridized carbons (Fsp3) is 0.421. The van der Waals surface area contributed by atoms with Crippen molar-refractivity contribution in [3.8, 4) is 0 Å². The first-order chi connectivity index (χ1) is 10.3. The van der Waals surface area contributed by atoms with Crippen molar-refractivity contribution in [1.29, 1.82) is 0 Å². The lowest BCUT2D eigenvalue weighted by Gasteiger charge is -2.19. The molecule has 2 nitrogen and oxygen atoms in total. The Morgan fingerprint density at radius 2 is 1.95 bits per heavy atom. The Labute approximate surface area is 127 Å². The summed E-state index contributed by atoms with van der Waals surface area (Å²) >= 11 is 0. The number of benzene rings is 1. The zero-order valence-electron chi connectivity index (χ0n) is 13.0. The van der Waals surface area contributed by atoms with E-state index in [0.717, 1.165) is 18.9 Å². The Morgan fingerprint density at radius 1 is 1.19 bits per heavy atom. The minimum atomic E-state index is 0.470. The van der Waals surface area contributed by atoms with E-state index in [2.05, 4.69) is 54.5 Å². The van der Waals surface area contributed by atoms with Gasteiger partial charge in [0.2, 0.25) is 0 Å². The molecule has 1 unspecified atom stereocenters. The molecule has 1 heterocycles. The molecule has 1 fully saturated rings. The smallest absolute Gasteiger partial charge is 0.0573 e. The fourth-order valence-electron chi connectivity index (χ4n) is 2.92. The van der Waals surface area contributed by atoms with Crippen LogP contribution in [0.3, 0.4) is 0 Å². The summed E-state index contributed by atoms with van der Waals surface area (Å²) < 4.78 is 0. The lowest BCUT2D eigenvalue weighted by molar-refractivity contribution is 0.475. The maximum atomic E-state index is 4.55. The van der Waals surface area contributed by atoms with Crippen molar-refractivity contribution in [2.45, 2.75) is 45.7 Å². The number of nitrogens with one attached hydrogen (secondary N) is 1. The summed E-state index contributed by atoms with van der Waals surface area (Å²) in [4.78, 5) is 4.55. The first-order valence-electron chi connectivity index (χ1n) is 8.00. The van der Waals surface area contributed by atoms with Gasteiger partial charge in [-0.2, -0.15) is 0 Å².